The number of nitrogens with zero attached hydrogens (tertiary/aromatic N) is 1. The van der Waals surface area contributed by atoms with Gasteiger partial charge in [0.05, 0.1) is 7.11 Å². The van der Waals surface area contributed by atoms with E-state index in [-0.39, 0.29) is 5.91 Å². The molecule has 25 heavy (non-hydrogen) atoms. The molecule has 0 aromatic rings. The molecule has 0 unspecified atom stereocenters. The lowest BCUT2D eigenvalue weighted by molar-refractivity contribution is -0.168. The molecule has 0 aromatic carbocycles. The average molecular weight is 354 g/mol. The van der Waals surface area contributed by atoms with Crippen molar-refractivity contribution in [2.75, 3.05) is 14.2 Å². The fourth-order valence-electron chi connectivity index (χ4n) is 2.96. The number of hydrogen-bond donors (Lipinski definition) is 0. The van der Waals surface area contributed by atoms with Crippen molar-refractivity contribution >= 4 is 5.91 Å². The Morgan fingerprint density at radius 3 is 1.68 bits per heavy atom. The van der Waals surface area contributed by atoms with E-state index in [4.69, 9.17) is 4.84 Å². The van der Waals surface area contributed by atoms with E-state index in [1.54, 1.807) is 7.05 Å². The summed E-state index contributed by atoms with van der Waals surface area (Å²) >= 11 is 0. The van der Waals surface area contributed by atoms with Crippen LogP contribution in [0.1, 0.15) is 110 Å². The van der Waals surface area contributed by atoms with Crippen LogP contribution in [0, 0.1) is 0 Å². The first-order valence-electron chi connectivity index (χ1n) is 10.7. The van der Waals surface area contributed by atoms with Gasteiger partial charge in [-0.1, -0.05) is 83.3 Å². The van der Waals surface area contributed by atoms with Gasteiger partial charge in [0.25, 0.3) is 0 Å². The van der Waals surface area contributed by atoms with Crippen LogP contribution in [0.2, 0.25) is 0 Å². The summed E-state index contributed by atoms with van der Waals surface area (Å²) in [4.78, 5) is 16.4. The van der Waals surface area contributed by atoms with Gasteiger partial charge in [0.2, 0.25) is 5.91 Å². The third-order valence-electron chi connectivity index (χ3n) is 4.78. The van der Waals surface area contributed by atoms with Crippen LogP contribution in [-0.2, 0) is 9.63 Å². The van der Waals surface area contributed by atoms with Gasteiger partial charge in [-0.05, 0) is 32.1 Å². The minimum atomic E-state index is 0.0789. The number of allylic oxidation sites excluding steroid dienone is 2. The Balaban J connectivity index is 3.18. The zero-order chi connectivity index (χ0) is 18.6. The molecule has 0 N–H and O–H groups in total. The van der Waals surface area contributed by atoms with Gasteiger partial charge in [-0.2, -0.15) is 0 Å². The van der Waals surface area contributed by atoms with Crippen LogP contribution in [0.25, 0.3) is 0 Å². The van der Waals surface area contributed by atoms with E-state index in [1.807, 2.05) is 0 Å². The van der Waals surface area contributed by atoms with Gasteiger partial charge in [-0.25, -0.2) is 5.06 Å². The Bertz CT molecular complexity index is 315. The van der Waals surface area contributed by atoms with Crippen molar-refractivity contribution in [3.63, 3.8) is 0 Å². The summed E-state index contributed by atoms with van der Waals surface area (Å²) in [6.45, 7) is 2.27. The number of carbonyl (C=O) groups is 1. The highest BCUT2D eigenvalue weighted by molar-refractivity contribution is 5.74. The minimum Gasteiger partial charge on any atom is -0.275 e. The second kappa shape index (κ2) is 19.5. The molecule has 3 heteroatoms. The molecule has 148 valence electrons. The molecule has 1 amide bonds. The van der Waals surface area contributed by atoms with Crippen LogP contribution in [0.4, 0.5) is 0 Å². The first-order chi connectivity index (χ1) is 12.2. The molecular weight excluding hydrogens is 310 g/mol. The Hall–Kier alpha value is -0.830. The quantitative estimate of drug-likeness (QED) is 0.154. The predicted octanol–water partition coefficient (Wildman–Crippen LogP) is 6.82. The second-order valence-corrected chi connectivity index (χ2v) is 7.12. The summed E-state index contributed by atoms with van der Waals surface area (Å²) in [5.74, 6) is 0.0789. The maximum absolute atomic E-state index is 11.5. The summed E-state index contributed by atoms with van der Waals surface area (Å²) in [7, 11) is 3.20. The third-order valence-corrected chi connectivity index (χ3v) is 4.78. The topological polar surface area (TPSA) is 29.5 Å². The molecule has 0 aliphatic rings. The molecule has 0 aliphatic heterocycles. The van der Waals surface area contributed by atoms with E-state index < -0.39 is 0 Å². The number of carbonyl (C=O) groups excluding carboxylic acids is 1. The monoisotopic (exact) mass is 353 g/mol. The molecular formula is C22H43NO2. The second-order valence-electron chi connectivity index (χ2n) is 7.12. The molecule has 3 nitrogen and oxygen atoms in total. The minimum absolute atomic E-state index is 0.0789. The van der Waals surface area contributed by atoms with Gasteiger partial charge in [0.15, 0.2) is 0 Å². The molecule has 0 rings (SSSR count). The SMILES string of the molecule is CCCCCCCCC=CCCCCCCCCCC(=O)N(C)OC. The van der Waals surface area contributed by atoms with Gasteiger partial charge in [-0.15, -0.1) is 0 Å². The lowest BCUT2D eigenvalue weighted by Crippen LogP contribution is -2.24. The molecule has 0 saturated heterocycles. The van der Waals surface area contributed by atoms with Crippen LogP contribution in [0.5, 0.6) is 0 Å². The van der Waals surface area contributed by atoms with E-state index in [2.05, 4.69) is 19.1 Å². The summed E-state index contributed by atoms with van der Waals surface area (Å²) in [6.07, 6.45) is 24.9. The number of amides is 1. The van der Waals surface area contributed by atoms with E-state index in [0.717, 1.165) is 12.8 Å². The number of hydrogen-bond acceptors (Lipinski definition) is 2. The molecule has 0 heterocycles. The molecule has 0 saturated carbocycles. The highest BCUT2D eigenvalue weighted by atomic mass is 16.7. The summed E-state index contributed by atoms with van der Waals surface area (Å²) in [5, 5.41) is 1.32. The Labute approximate surface area is 157 Å². The first-order valence-corrected chi connectivity index (χ1v) is 10.7. The van der Waals surface area contributed by atoms with E-state index in [9.17, 15) is 4.79 Å². The van der Waals surface area contributed by atoms with Crippen LogP contribution >= 0.6 is 0 Å². The molecule has 0 spiro atoms. The third kappa shape index (κ3) is 17.8. The van der Waals surface area contributed by atoms with Crippen molar-refractivity contribution in [1.82, 2.24) is 5.06 Å². The zero-order valence-corrected chi connectivity index (χ0v) is 17.2. The molecule has 0 aliphatic carbocycles. The predicted molar refractivity (Wildman–Crippen MR) is 108 cm³/mol. The highest BCUT2D eigenvalue weighted by Gasteiger charge is 2.06. The van der Waals surface area contributed by atoms with Crippen LogP contribution < -0.4 is 0 Å². The molecule has 0 atom stereocenters. The van der Waals surface area contributed by atoms with Crippen molar-refractivity contribution in [2.45, 2.75) is 110 Å². The number of hydroxylamine groups is 2. The van der Waals surface area contributed by atoms with E-state index >= 15 is 0 Å². The lowest BCUT2D eigenvalue weighted by Gasteiger charge is -2.12. The Kier molecular flexibility index (Phi) is 18.8. The normalized spacial score (nSPS) is 11.3. The molecule has 0 radical (unpaired) electrons. The molecule has 0 fully saturated rings. The summed E-state index contributed by atoms with van der Waals surface area (Å²) in [5.41, 5.74) is 0. The van der Waals surface area contributed by atoms with Crippen LogP contribution in [0.15, 0.2) is 12.2 Å². The van der Waals surface area contributed by atoms with Crippen molar-refractivity contribution in [3.05, 3.63) is 12.2 Å². The van der Waals surface area contributed by atoms with Crippen molar-refractivity contribution in [2.24, 2.45) is 0 Å². The summed E-state index contributed by atoms with van der Waals surface area (Å²) in [6, 6.07) is 0. The van der Waals surface area contributed by atoms with Crippen LogP contribution in [0.3, 0.4) is 0 Å². The first kappa shape index (κ1) is 24.2. The van der Waals surface area contributed by atoms with E-state index in [1.165, 1.54) is 95.6 Å². The fraction of sp³-hybridized carbons (Fsp3) is 0.864. The van der Waals surface area contributed by atoms with Crippen LogP contribution in [-0.4, -0.2) is 25.1 Å². The maximum atomic E-state index is 11.5. The van der Waals surface area contributed by atoms with Gasteiger partial charge in [-0.3, -0.25) is 9.63 Å². The Morgan fingerprint density at radius 2 is 1.20 bits per heavy atom. The number of unbranched alkanes of at least 4 members (excludes halogenated alkanes) is 13. The van der Waals surface area contributed by atoms with Crippen molar-refractivity contribution in [1.29, 1.82) is 0 Å². The van der Waals surface area contributed by atoms with Gasteiger partial charge < -0.3 is 0 Å². The van der Waals surface area contributed by atoms with Gasteiger partial charge >= 0.3 is 0 Å². The molecule has 0 bridgehead atoms. The van der Waals surface area contributed by atoms with Crippen molar-refractivity contribution < 1.29 is 9.63 Å². The largest absolute Gasteiger partial charge is 0.275 e. The maximum Gasteiger partial charge on any atom is 0.245 e. The van der Waals surface area contributed by atoms with Gasteiger partial charge in [0, 0.05) is 13.5 Å². The summed E-state index contributed by atoms with van der Waals surface area (Å²) < 4.78 is 0. The smallest absolute Gasteiger partial charge is 0.245 e. The highest BCUT2D eigenvalue weighted by Crippen LogP contribution is 2.11. The number of rotatable bonds is 18. The van der Waals surface area contributed by atoms with Crippen molar-refractivity contribution in [3.8, 4) is 0 Å². The standard InChI is InChI=1S/C22H43NO2/c1-4-5-6-7-8-9-10-11-12-13-14-15-16-17-18-19-20-21-22(24)23(2)25-3/h11-12H,4-10,13-21H2,1-3H3. The fourth-order valence-corrected chi connectivity index (χ4v) is 2.96. The van der Waals surface area contributed by atoms with E-state index in [0.29, 0.717) is 6.42 Å². The molecule has 0 aromatic heterocycles. The Morgan fingerprint density at radius 1 is 0.760 bits per heavy atom. The zero-order valence-electron chi connectivity index (χ0n) is 17.2. The van der Waals surface area contributed by atoms with Gasteiger partial charge in [0.1, 0.15) is 0 Å². The average Bonchev–Trinajstić information content (AvgIpc) is 2.63. The lowest BCUT2D eigenvalue weighted by atomic mass is 10.1.